The van der Waals surface area contributed by atoms with E-state index >= 15 is 0 Å². The highest BCUT2D eigenvalue weighted by Gasteiger charge is 2.43. The summed E-state index contributed by atoms with van der Waals surface area (Å²) in [7, 11) is 0. The summed E-state index contributed by atoms with van der Waals surface area (Å²) in [4.78, 5) is 13.0. The largest absolute Gasteiger partial charge is 0.395 e. The number of amides is 1. The van der Waals surface area contributed by atoms with Crippen molar-refractivity contribution in [3.8, 4) is 0 Å². The molecule has 2 N–H and O–H groups in total. The Morgan fingerprint density at radius 1 is 1.60 bits per heavy atom. The van der Waals surface area contributed by atoms with Crippen LogP contribution in [0.3, 0.4) is 0 Å². The fourth-order valence-corrected chi connectivity index (χ4v) is 2.47. The topological polar surface area (TPSA) is 49.3 Å². The molecule has 1 fully saturated rings. The van der Waals surface area contributed by atoms with Gasteiger partial charge < -0.3 is 10.4 Å². The van der Waals surface area contributed by atoms with Gasteiger partial charge in [0, 0.05) is 4.88 Å². The van der Waals surface area contributed by atoms with Crippen LogP contribution in [0, 0.1) is 5.41 Å². The van der Waals surface area contributed by atoms with Crippen molar-refractivity contribution in [2.45, 2.75) is 25.8 Å². The Morgan fingerprint density at radius 2 is 2.40 bits per heavy atom. The minimum atomic E-state index is -0.475. The average Bonchev–Trinajstić information content (AvgIpc) is 2.66. The second kappa shape index (κ2) is 4.33. The molecule has 1 amide bonds. The van der Waals surface area contributed by atoms with Gasteiger partial charge in [0.1, 0.15) is 0 Å². The molecule has 1 saturated carbocycles. The lowest BCUT2D eigenvalue weighted by molar-refractivity contribution is -0.139. The fraction of sp³-hybridized carbons (Fsp3) is 0.545. The minimum absolute atomic E-state index is 0.00431. The lowest BCUT2D eigenvalue weighted by atomic mass is 9.68. The molecule has 0 saturated heterocycles. The predicted molar refractivity (Wildman–Crippen MR) is 59.5 cm³/mol. The summed E-state index contributed by atoms with van der Waals surface area (Å²) in [5.74, 6) is 0.00431. The molecule has 82 valence electrons. The molecular weight excluding hydrogens is 210 g/mol. The molecule has 2 rings (SSSR count). The van der Waals surface area contributed by atoms with Gasteiger partial charge in [0.25, 0.3) is 0 Å². The van der Waals surface area contributed by atoms with Crippen LogP contribution in [-0.2, 0) is 11.3 Å². The van der Waals surface area contributed by atoms with Gasteiger partial charge in [0.05, 0.1) is 18.6 Å². The molecule has 1 heterocycles. The molecular formula is C11H15NO2S. The second-order valence-corrected chi connectivity index (χ2v) is 5.09. The van der Waals surface area contributed by atoms with Crippen LogP contribution < -0.4 is 5.32 Å². The quantitative estimate of drug-likeness (QED) is 0.816. The third-order valence-corrected chi connectivity index (χ3v) is 3.97. The zero-order chi connectivity index (χ0) is 10.7. The number of hydrogen-bond acceptors (Lipinski definition) is 3. The van der Waals surface area contributed by atoms with Gasteiger partial charge in [-0.1, -0.05) is 12.5 Å². The van der Waals surface area contributed by atoms with Crippen molar-refractivity contribution in [3.05, 3.63) is 22.4 Å². The standard InChI is InChI=1S/C11H15NO2S/c13-8-11(4-2-5-11)10(14)12-7-9-3-1-6-15-9/h1,3,6,13H,2,4-5,7-8H2,(H,12,14). The molecule has 0 aliphatic heterocycles. The smallest absolute Gasteiger partial charge is 0.228 e. The first kappa shape index (κ1) is 10.6. The lowest BCUT2D eigenvalue weighted by Crippen LogP contribution is -2.47. The zero-order valence-corrected chi connectivity index (χ0v) is 9.35. The fourth-order valence-electron chi connectivity index (χ4n) is 1.83. The summed E-state index contributed by atoms with van der Waals surface area (Å²) >= 11 is 1.63. The van der Waals surface area contributed by atoms with Gasteiger partial charge in [0.2, 0.25) is 5.91 Å². The van der Waals surface area contributed by atoms with Crippen LogP contribution in [0.1, 0.15) is 24.1 Å². The highest BCUT2D eigenvalue weighted by atomic mass is 32.1. The van der Waals surface area contributed by atoms with E-state index in [1.165, 1.54) is 0 Å². The normalized spacial score (nSPS) is 18.2. The van der Waals surface area contributed by atoms with Crippen LogP contribution in [0.4, 0.5) is 0 Å². The van der Waals surface area contributed by atoms with Crippen molar-refractivity contribution in [2.75, 3.05) is 6.61 Å². The van der Waals surface area contributed by atoms with Crippen molar-refractivity contribution in [1.29, 1.82) is 0 Å². The molecule has 1 aromatic heterocycles. The molecule has 1 aliphatic rings. The monoisotopic (exact) mass is 225 g/mol. The van der Waals surface area contributed by atoms with Crippen LogP contribution in [0.25, 0.3) is 0 Å². The van der Waals surface area contributed by atoms with Crippen LogP contribution >= 0.6 is 11.3 Å². The Labute approximate surface area is 93.1 Å². The Hall–Kier alpha value is -0.870. The highest BCUT2D eigenvalue weighted by Crippen LogP contribution is 2.40. The van der Waals surface area contributed by atoms with Crippen LogP contribution in [0.5, 0.6) is 0 Å². The van der Waals surface area contributed by atoms with Crippen molar-refractivity contribution in [1.82, 2.24) is 5.32 Å². The van der Waals surface area contributed by atoms with E-state index in [4.69, 9.17) is 0 Å². The molecule has 0 atom stereocenters. The predicted octanol–water partition coefficient (Wildman–Crippen LogP) is 1.53. The van der Waals surface area contributed by atoms with E-state index in [0.29, 0.717) is 6.54 Å². The molecule has 0 unspecified atom stereocenters. The number of carbonyl (C=O) groups is 1. The first-order chi connectivity index (χ1) is 7.27. The van der Waals surface area contributed by atoms with E-state index in [1.54, 1.807) is 11.3 Å². The number of aliphatic hydroxyl groups excluding tert-OH is 1. The van der Waals surface area contributed by atoms with Crippen LogP contribution in [-0.4, -0.2) is 17.6 Å². The first-order valence-electron chi connectivity index (χ1n) is 5.18. The molecule has 1 aromatic rings. The minimum Gasteiger partial charge on any atom is -0.395 e. The van der Waals surface area contributed by atoms with E-state index in [2.05, 4.69) is 5.32 Å². The third kappa shape index (κ3) is 2.06. The van der Waals surface area contributed by atoms with Gasteiger partial charge in [-0.25, -0.2) is 0 Å². The SMILES string of the molecule is O=C(NCc1cccs1)C1(CO)CCC1. The molecule has 15 heavy (non-hydrogen) atoms. The van der Waals surface area contributed by atoms with Gasteiger partial charge in [-0.3, -0.25) is 4.79 Å². The number of hydrogen-bond donors (Lipinski definition) is 2. The number of nitrogens with one attached hydrogen (secondary N) is 1. The maximum atomic E-state index is 11.8. The maximum absolute atomic E-state index is 11.8. The van der Waals surface area contributed by atoms with E-state index < -0.39 is 5.41 Å². The van der Waals surface area contributed by atoms with Gasteiger partial charge in [-0.15, -0.1) is 11.3 Å². The van der Waals surface area contributed by atoms with Gasteiger partial charge in [-0.2, -0.15) is 0 Å². The van der Waals surface area contributed by atoms with Crippen molar-refractivity contribution in [3.63, 3.8) is 0 Å². The molecule has 0 bridgehead atoms. The van der Waals surface area contributed by atoms with Gasteiger partial charge in [-0.05, 0) is 24.3 Å². The third-order valence-electron chi connectivity index (χ3n) is 3.10. The Kier molecular flexibility index (Phi) is 3.07. The summed E-state index contributed by atoms with van der Waals surface area (Å²) in [6.07, 6.45) is 2.69. The summed E-state index contributed by atoms with van der Waals surface area (Å²) in [5.41, 5.74) is -0.475. The summed E-state index contributed by atoms with van der Waals surface area (Å²) in [6, 6.07) is 3.97. The Morgan fingerprint density at radius 3 is 2.87 bits per heavy atom. The van der Waals surface area contributed by atoms with Crippen LogP contribution in [0.15, 0.2) is 17.5 Å². The van der Waals surface area contributed by atoms with Crippen molar-refractivity contribution >= 4 is 17.2 Å². The summed E-state index contributed by atoms with van der Waals surface area (Å²) in [6.45, 7) is 0.557. The molecule has 1 aliphatic carbocycles. The maximum Gasteiger partial charge on any atom is 0.228 e. The number of aliphatic hydroxyl groups is 1. The molecule has 4 heteroatoms. The molecule has 3 nitrogen and oxygen atoms in total. The number of rotatable bonds is 4. The van der Waals surface area contributed by atoms with Crippen molar-refractivity contribution < 1.29 is 9.90 Å². The van der Waals surface area contributed by atoms with E-state index in [0.717, 1.165) is 24.1 Å². The summed E-state index contributed by atoms with van der Waals surface area (Å²) in [5, 5.41) is 14.1. The Bertz CT molecular complexity index is 325. The van der Waals surface area contributed by atoms with E-state index in [9.17, 15) is 9.90 Å². The number of thiophene rings is 1. The average molecular weight is 225 g/mol. The zero-order valence-electron chi connectivity index (χ0n) is 8.53. The number of carbonyl (C=O) groups excluding carboxylic acids is 1. The molecule has 0 spiro atoms. The molecule has 0 aromatic carbocycles. The van der Waals surface area contributed by atoms with Gasteiger partial charge in [0.15, 0.2) is 0 Å². The van der Waals surface area contributed by atoms with Crippen molar-refractivity contribution in [2.24, 2.45) is 5.41 Å². The van der Waals surface area contributed by atoms with Gasteiger partial charge >= 0.3 is 0 Å². The highest BCUT2D eigenvalue weighted by molar-refractivity contribution is 7.09. The van der Waals surface area contributed by atoms with Crippen LogP contribution in [0.2, 0.25) is 0 Å². The molecule has 0 radical (unpaired) electrons. The van der Waals surface area contributed by atoms with E-state index in [1.807, 2.05) is 17.5 Å². The van der Waals surface area contributed by atoms with E-state index in [-0.39, 0.29) is 12.5 Å². The Balaban J connectivity index is 1.87. The summed E-state index contributed by atoms with van der Waals surface area (Å²) < 4.78 is 0. The first-order valence-corrected chi connectivity index (χ1v) is 6.06. The second-order valence-electron chi connectivity index (χ2n) is 4.05. The lowest BCUT2D eigenvalue weighted by Gasteiger charge is -2.38.